The average molecular weight is 340 g/mol. The number of amides is 1. The predicted octanol–water partition coefficient (Wildman–Crippen LogP) is 1.20. The van der Waals surface area contributed by atoms with Gasteiger partial charge in [-0.05, 0) is 43.5 Å². The van der Waals surface area contributed by atoms with E-state index < -0.39 is 9.84 Å². The highest BCUT2D eigenvalue weighted by Gasteiger charge is 2.26. The molecule has 1 atom stereocenters. The average Bonchev–Trinajstić information content (AvgIpc) is 2.99. The van der Waals surface area contributed by atoms with Gasteiger partial charge in [0.25, 0.3) is 0 Å². The summed E-state index contributed by atoms with van der Waals surface area (Å²) in [6.07, 6.45) is 4.25. The van der Waals surface area contributed by atoms with Gasteiger partial charge in [-0.15, -0.1) is 0 Å². The molecular formula is C16H24N2O4S. The van der Waals surface area contributed by atoms with Crippen LogP contribution in [-0.2, 0) is 14.6 Å². The predicted molar refractivity (Wildman–Crippen MR) is 88.1 cm³/mol. The molecule has 0 radical (unpaired) electrons. The third kappa shape index (κ3) is 4.94. The largest absolute Gasteiger partial charge is 0.494 e. The lowest BCUT2D eigenvalue weighted by atomic mass is 10.2. The summed E-state index contributed by atoms with van der Waals surface area (Å²) in [5, 5.41) is 0. The molecular weight excluding hydrogens is 316 g/mol. The van der Waals surface area contributed by atoms with Crippen LogP contribution in [0.5, 0.6) is 5.75 Å². The maximum Gasteiger partial charge on any atom is 0.222 e. The molecule has 1 amide bonds. The standard InChI is InChI=1S/C16H24N2O4S/c1-23(20,21)15-8-6-14(7-9-15)22-11-3-5-16(19)18-10-2-4-13(18)12-17/h6-9,13H,2-5,10-12,17H2,1H3. The Morgan fingerprint density at radius 3 is 2.65 bits per heavy atom. The van der Waals surface area contributed by atoms with Crippen molar-refractivity contribution >= 4 is 15.7 Å². The fourth-order valence-corrected chi connectivity index (χ4v) is 3.38. The second kappa shape index (κ2) is 7.79. The Balaban J connectivity index is 1.74. The highest BCUT2D eigenvalue weighted by Crippen LogP contribution is 2.18. The highest BCUT2D eigenvalue weighted by atomic mass is 32.2. The number of sulfone groups is 1. The fourth-order valence-electron chi connectivity index (χ4n) is 2.75. The van der Waals surface area contributed by atoms with Gasteiger partial charge in [0, 0.05) is 31.8 Å². The van der Waals surface area contributed by atoms with Crippen LogP contribution < -0.4 is 10.5 Å². The first-order chi connectivity index (χ1) is 10.9. The Labute approximate surface area is 137 Å². The second-order valence-corrected chi connectivity index (χ2v) is 7.83. The molecule has 128 valence electrons. The Kier molecular flexibility index (Phi) is 6.01. The molecule has 0 saturated carbocycles. The summed E-state index contributed by atoms with van der Waals surface area (Å²) >= 11 is 0. The van der Waals surface area contributed by atoms with Crippen molar-refractivity contribution in [3.05, 3.63) is 24.3 Å². The molecule has 1 unspecified atom stereocenters. The van der Waals surface area contributed by atoms with Gasteiger partial charge in [0.15, 0.2) is 9.84 Å². The number of hydrogen-bond acceptors (Lipinski definition) is 5. The molecule has 0 aliphatic carbocycles. The lowest BCUT2D eigenvalue weighted by Gasteiger charge is -2.23. The summed E-state index contributed by atoms with van der Waals surface area (Å²) in [4.78, 5) is 14.3. The van der Waals surface area contributed by atoms with Gasteiger partial charge in [0.1, 0.15) is 5.75 Å². The summed E-state index contributed by atoms with van der Waals surface area (Å²) in [6, 6.07) is 6.48. The number of nitrogens with zero attached hydrogens (tertiary/aromatic N) is 1. The number of rotatable bonds is 7. The summed E-state index contributed by atoms with van der Waals surface area (Å²) in [5.41, 5.74) is 5.67. The topological polar surface area (TPSA) is 89.7 Å². The Morgan fingerprint density at radius 2 is 2.04 bits per heavy atom. The number of nitrogens with two attached hydrogens (primary N) is 1. The van der Waals surface area contributed by atoms with Crippen LogP contribution in [0.25, 0.3) is 0 Å². The lowest BCUT2D eigenvalue weighted by Crippen LogP contribution is -2.39. The molecule has 6 nitrogen and oxygen atoms in total. The quantitative estimate of drug-likeness (QED) is 0.753. The van der Waals surface area contributed by atoms with E-state index in [-0.39, 0.29) is 16.8 Å². The molecule has 1 aromatic carbocycles. The van der Waals surface area contributed by atoms with Crippen molar-refractivity contribution in [3.8, 4) is 5.75 Å². The van der Waals surface area contributed by atoms with Gasteiger partial charge in [-0.25, -0.2) is 8.42 Å². The van der Waals surface area contributed by atoms with E-state index in [4.69, 9.17) is 10.5 Å². The normalized spacial score (nSPS) is 18.2. The van der Waals surface area contributed by atoms with Crippen molar-refractivity contribution in [3.63, 3.8) is 0 Å². The summed E-state index contributed by atoms with van der Waals surface area (Å²) in [5.74, 6) is 0.736. The summed E-state index contributed by atoms with van der Waals surface area (Å²) < 4.78 is 28.3. The van der Waals surface area contributed by atoms with Crippen molar-refractivity contribution < 1.29 is 17.9 Å². The van der Waals surface area contributed by atoms with Gasteiger partial charge in [-0.2, -0.15) is 0 Å². The van der Waals surface area contributed by atoms with Crippen LogP contribution in [0.2, 0.25) is 0 Å². The highest BCUT2D eigenvalue weighted by molar-refractivity contribution is 7.90. The molecule has 1 aliphatic rings. The zero-order valence-corrected chi connectivity index (χ0v) is 14.2. The molecule has 23 heavy (non-hydrogen) atoms. The van der Waals surface area contributed by atoms with E-state index >= 15 is 0 Å². The first kappa shape index (κ1) is 17.7. The smallest absolute Gasteiger partial charge is 0.222 e. The maximum atomic E-state index is 12.1. The third-order valence-electron chi connectivity index (χ3n) is 4.03. The number of benzene rings is 1. The van der Waals surface area contributed by atoms with Gasteiger partial charge in [-0.1, -0.05) is 0 Å². The number of hydrogen-bond donors (Lipinski definition) is 1. The molecule has 0 bridgehead atoms. The molecule has 0 spiro atoms. The number of carbonyl (C=O) groups excluding carboxylic acids is 1. The number of likely N-dealkylation sites (tertiary alicyclic amines) is 1. The van der Waals surface area contributed by atoms with Crippen LogP contribution in [0, 0.1) is 0 Å². The van der Waals surface area contributed by atoms with Crippen LogP contribution in [0.3, 0.4) is 0 Å². The van der Waals surface area contributed by atoms with E-state index in [0.29, 0.717) is 31.7 Å². The number of ether oxygens (including phenoxy) is 1. The van der Waals surface area contributed by atoms with E-state index in [2.05, 4.69) is 0 Å². The van der Waals surface area contributed by atoms with E-state index in [0.717, 1.165) is 19.4 Å². The molecule has 2 N–H and O–H groups in total. The van der Waals surface area contributed by atoms with Crippen molar-refractivity contribution in [1.82, 2.24) is 4.90 Å². The molecule has 1 aliphatic heterocycles. The van der Waals surface area contributed by atoms with Crippen LogP contribution in [0.1, 0.15) is 25.7 Å². The van der Waals surface area contributed by atoms with E-state index in [1.807, 2.05) is 4.90 Å². The maximum absolute atomic E-state index is 12.1. The fraction of sp³-hybridized carbons (Fsp3) is 0.562. The lowest BCUT2D eigenvalue weighted by molar-refractivity contribution is -0.132. The van der Waals surface area contributed by atoms with Crippen molar-refractivity contribution in [2.24, 2.45) is 5.73 Å². The van der Waals surface area contributed by atoms with Gasteiger partial charge in [-0.3, -0.25) is 4.79 Å². The van der Waals surface area contributed by atoms with Crippen LogP contribution in [-0.4, -0.2) is 51.2 Å². The SMILES string of the molecule is CS(=O)(=O)c1ccc(OCCCC(=O)N2CCCC2CN)cc1. The number of carbonyl (C=O) groups is 1. The van der Waals surface area contributed by atoms with Crippen molar-refractivity contribution in [2.45, 2.75) is 36.6 Å². The van der Waals surface area contributed by atoms with Gasteiger partial charge < -0.3 is 15.4 Å². The molecule has 7 heteroatoms. The Bertz CT molecular complexity index is 628. The monoisotopic (exact) mass is 340 g/mol. The zero-order valence-electron chi connectivity index (χ0n) is 13.4. The second-order valence-electron chi connectivity index (χ2n) is 5.81. The molecule has 0 aromatic heterocycles. The Morgan fingerprint density at radius 1 is 1.35 bits per heavy atom. The van der Waals surface area contributed by atoms with Crippen LogP contribution >= 0.6 is 0 Å². The van der Waals surface area contributed by atoms with Gasteiger partial charge >= 0.3 is 0 Å². The summed E-state index contributed by atoms with van der Waals surface area (Å²) in [6.45, 7) is 1.74. The molecule has 1 saturated heterocycles. The third-order valence-corrected chi connectivity index (χ3v) is 5.15. The minimum atomic E-state index is -3.19. The van der Waals surface area contributed by atoms with E-state index in [1.165, 1.54) is 18.4 Å². The van der Waals surface area contributed by atoms with E-state index in [1.54, 1.807) is 12.1 Å². The Hall–Kier alpha value is -1.60. The van der Waals surface area contributed by atoms with Gasteiger partial charge in [0.05, 0.1) is 11.5 Å². The van der Waals surface area contributed by atoms with Crippen molar-refractivity contribution in [1.29, 1.82) is 0 Å². The van der Waals surface area contributed by atoms with Crippen LogP contribution in [0.15, 0.2) is 29.2 Å². The first-order valence-corrected chi connectivity index (χ1v) is 9.73. The molecule has 1 aromatic rings. The zero-order chi connectivity index (χ0) is 16.9. The summed E-state index contributed by atoms with van der Waals surface area (Å²) in [7, 11) is -3.19. The van der Waals surface area contributed by atoms with Gasteiger partial charge in [0.2, 0.25) is 5.91 Å². The van der Waals surface area contributed by atoms with Crippen molar-refractivity contribution in [2.75, 3.05) is 26.0 Å². The first-order valence-electron chi connectivity index (χ1n) is 7.84. The van der Waals surface area contributed by atoms with E-state index in [9.17, 15) is 13.2 Å². The molecule has 1 fully saturated rings. The minimum absolute atomic E-state index is 0.133. The van der Waals surface area contributed by atoms with Crippen LogP contribution in [0.4, 0.5) is 0 Å². The molecule has 2 rings (SSSR count). The molecule has 1 heterocycles. The minimum Gasteiger partial charge on any atom is -0.494 e.